The van der Waals surface area contributed by atoms with Gasteiger partial charge < -0.3 is 30.6 Å². The molecule has 2 heterocycles. The van der Waals surface area contributed by atoms with E-state index in [4.69, 9.17) is 15.1 Å². The van der Waals surface area contributed by atoms with E-state index in [1.54, 1.807) is 14.0 Å². The molecule has 0 unspecified atom stereocenters. The third kappa shape index (κ3) is 5.67. The average molecular weight is 510 g/mol. The fourth-order valence-corrected chi connectivity index (χ4v) is 5.19. The Kier molecular flexibility index (Phi) is 7.94. The number of allylic oxidation sites excluding steroid dienone is 4. The Balaban J connectivity index is 1.76. The highest BCUT2D eigenvalue weighted by atomic mass is 19.1. The van der Waals surface area contributed by atoms with Crippen molar-refractivity contribution in [2.24, 2.45) is 5.41 Å². The summed E-state index contributed by atoms with van der Waals surface area (Å²) in [4.78, 5) is 11.6. The molecule has 1 aromatic heterocycles. The molecular formula is C28H36FN5O3. The van der Waals surface area contributed by atoms with Gasteiger partial charge in [0.2, 0.25) is 0 Å². The van der Waals surface area contributed by atoms with Crippen LogP contribution in [-0.2, 0) is 0 Å². The lowest BCUT2D eigenvalue weighted by molar-refractivity contribution is 0.108. The molecule has 1 aliphatic carbocycles. The van der Waals surface area contributed by atoms with Crippen LogP contribution in [0.3, 0.4) is 0 Å². The second kappa shape index (κ2) is 11.0. The molecule has 0 saturated carbocycles. The number of likely N-dealkylation sites (N-methyl/N-ethyl adjacent to an activating group) is 1. The number of ether oxygens (including phenoxy) is 1. The highest BCUT2D eigenvalue weighted by molar-refractivity contribution is 6.21. The van der Waals surface area contributed by atoms with E-state index >= 15 is 4.39 Å². The number of anilines is 1. The molecule has 1 spiro atoms. The Morgan fingerprint density at radius 2 is 2.03 bits per heavy atom. The summed E-state index contributed by atoms with van der Waals surface area (Å²) in [5.74, 6) is 0.668. The van der Waals surface area contributed by atoms with Gasteiger partial charge >= 0.3 is 0 Å². The topological polar surface area (TPSA) is 115 Å². The summed E-state index contributed by atoms with van der Waals surface area (Å²) in [6, 6.07) is 4.32. The molecule has 1 atom stereocenters. The molecule has 0 amide bonds. The zero-order valence-electron chi connectivity index (χ0n) is 21.9. The standard InChI is InChI=1S/C28H36FN5O3/c1-17-25(24(18(2)30)19(3)35)32-26(33-27(17)34-15-28(16-34)10-6-5-7-11-28)22-12-21(8-9-23(22)29)37-14-20(36)13-31-4/h5-6,8-9,12,20,30-31,35-36H,7,10-11,13-16H2,1-4H3/b24-19+,30-18?/t20-/m1/s1. The Morgan fingerprint density at radius 3 is 2.65 bits per heavy atom. The number of rotatable bonds is 9. The van der Waals surface area contributed by atoms with Crippen LogP contribution in [0.2, 0.25) is 0 Å². The summed E-state index contributed by atoms with van der Waals surface area (Å²) in [5.41, 5.74) is 1.99. The lowest BCUT2D eigenvalue weighted by atomic mass is 9.71. The molecule has 1 fully saturated rings. The fraction of sp³-hybridized carbons (Fsp3) is 0.464. The minimum Gasteiger partial charge on any atom is -0.512 e. The number of nitrogens with zero attached hydrogens (tertiary/aromatic N) is 3. The first-order valence-electron chi connectivity index (χ1n) is 12.6. The zero-order chi connectivity index (χ0) is 26.7. The smallest absolute Gasteiger partial charge is 0.165 e. The minimum atomic E-state index is -0.712. The molecule has 0 radical (unpaired) electrons. The van der Waals surface area contributed by atoms with Crippen molar-refractivity contribution < 1.29 is 19.3 Å². The molecule has 2 aromatic rings. The van der Waals surface area contributed by atoms with Gasteiger partial charge in [0.05, 0.1) is 16.8 Å². The Morgan fingerprint density at radius 1 is 1.27 bits per heavy atom. The van der Waals surface area contributed by atoms with Gasteiger partial charge in [-0.05, 0) is 65.3 Å². The van der Waals surface area contributed by atoms with Gasteiger partial charge in [-0.25, -0.2) is 14.4 Å². The van der Waals surface area contributed by atoms with Gasteiger partial charge in [0.1, 0.15) is 35.9 Å². The highest BCUT2D eigenvalue weighted by Crippen LogP contribution is 2.44. The second-order valence-electron chi connectivity index (χ2n) is 10.2. The molecule has 37 heavy (non-hydrogen) atoms. The van der Waals surface area contributed by atoms with Crippen LogP contribution in [-0.4, -0.2) is 65.3 Å². The van der Waals surface area contributed by atoms with Gasteiger partial charge in [-0.3, -0.25) is 0 Å². The fourth-order valence-electron chi connectivity index (χ4n) is 5.19. The van der Waals surface area contributed by atoms with E-state index in [0.717, 1.165) is 37.9 Å². The van der Waals surface area contributed by atoms with Crippen LogP contribution in [0.25, 0.3) is 17.0 Å². The Labute approximate surface area is 217 Å². The van der Waals surface area contributed by atoms with E-state index < -0.39 is 11.9 Å². The lowest BCUT2D eigenvalue weighted by Crippen LogP contribution is -2.57. The highest BCUT2D eigenvalue weighted by Gasteiger charge is 2.43. The predicted molar refractivity (Wildman–Crippen MR) is 144 cm³/mol. The molecule has 1 aliphatic heterocycles. The van der Waals surface area contributed by atoms with Crippen molar-refractivity contribution in [2.75, 3.05) is 38.2 Å². The van der Waals surface area contributed by atoms with E-state index in [-0.39, 0.29) is 34.9 Å². The normalized spacial score (nSPS) is 17.8. The largest absolute Gasteiger partial charge is 0.512 e. The van der Waals surface area contributed by atoms with Gasteiger partial charge in [-0.15, -0.1) is 0 Å². The number of hydrogen-bond donors (Lipinski definition) is 4. The maximum atomic E-state index is 15.1. The monoisotopic (exact) mass is 509 g/mol. The van der Waals surface area contributed by atoms with Crippen LogP contribution in [0.5, 0.6) is 5.75 Å². The van der Waals surface area contributed by atoms with Crippen molar-refractivity contribution in [3.8, 4) is 17.1 Å². The average Bonchev–Trinajstić information content (AvgIpc) is 2.83. The molecular weight excluding hydrogens is 473 g/mol. The molecule has 0 bridgehead atoms. The minimum absolute atomic E-state index is 0.0280. The number of benzene rings is 1. The number of aliphatic hydroxyl groups is 2. The van der Waals surface area contributed by atoms with E-state index in [2.05, 4.69) is 27.4 Å². The van der Waals surface area contributed by atoms with Crippen LogP contribution in [0.1, 0.15) is 44.4 Å². The Hall–Kier alpha value is -3.30. The summed E-state index contributed by atoms with van der Waals surface area (Å²) >= 11 is 0. The summed E-state index contributed by atoms with van der Waals surface area (Å²) in [5, 5.41) is 31.5. The predicted octanol–water partition coefficient (Wildman–Crippen LogP) is 4.43. The van der Waals surface area contributed by atoms with Gasteiger partial charge in [0.15, 0.2) is 5.82 Å². The van der Waals surface area contributed by atoms with Gasteiger partial charge in [0.25, 0.3) is 0 Å². The van der Waals surface area contributed by atoms with Crippen LogP contribution in [0.4, 0.5) is 10.2 Å². The van der Waals surface area contributed by atoms with Crippen LogP contribution < -0.4 is 15.0 Å². The maximum Gasteiger partial charge on any atom is 0.165 e. The van der Waals surface area contributed by atoms with E-state index in [1.165, 1.54) is 25.1 Å². The summed E-state index contributed by atoms with van der Waals surface area (Å²) in [7, 11) is 1.74. The van der Waals surface area contributed by atoms with E-state index in [0.29, 0.717) is 29.4 Å². The van der Waals surface area contributed by atoms with Crippen molar-refractivity contribution in [2.45, 2.75) is 46.1 Å². The molecule has 1 aromatic carbocycles. The van der Waals surface area contributed by atoms with Crippen molar-refractivity contribution in [3.05, 3.63) is 53.2 Å². The maximum absolute atomic E-state index is 15.1. The molecule has 9 heteroatoms. The molecule has 4 rings (SSSR count). The quantitative estimate of drug-likeness (QED) is 0.225. The van der Waals surface area contributed by atoms with Gasteiger partial charge in [-0.1, -0.05) is 12.2 Å². The van der Waals surface area contributed by atoms with Crippen molar-refractivity contribution in [1.29, 1.82) is 5.41 Å². The summed E-state index contributed by atoms with van der Waals surface area (Å²) in [6.07, 6.45) is 6.98. The van der Waals surface area contributed by atoms with E-state index in [1.807, 2.05) is 6.92 Å². The SMILES string of the molecule is CNC[C@@H](O)COc1ccc(F)c(-c2nc(/C(C(C)=N)=C(\C)O)c(C)c(N3CC4(CC=CCC4)C3)n2)c1. The number of halogens is 1. The Bertz CT molecular complexity index is 1230. The van der Waals surface area contributed by atoms with Crippen LogP contribution in [0.15, 0.2) is 36.1 Å². The molecule has 4 N–H and O–H groups in total. The van der Waals surface area contributed by atoms with Crippen LogP contribution >= 0.6 is 0 Å². The number of aliphatic hydroxyl groups excluding tert-OH is 2. The number of aromatic nitrogens is 2. The second-order valence-corrected chi connectivity index (χ2v) is 10.2. The van der Waals surface area contributed by atoms with Gasteiger partial charge in [-0.2, -0.15) is 0 Å². The van der Waals surface area contributed by atoms with Crippen molar-refractivity contribution in [3.63, 3.8) is 0 Å². The van der Waals surface area contributed by atoms with E-state index in [9.17, 15) is 10.2 Å². The number of nitrogens with one attached hydrogen (secondary N) is 2. The molecule has 1 saturated heterocycles. The zero-order valence-corrected chi connectivity index (χ0v) is 21.9. The first-order valence-corrected chi connectivity index (χ1v) is 12.6. The van der Waals surface area contributed by atoms with Crippen molar-refractivity contribution in [1.82, 2.24) is 15.3 Å². The first kappa shape index (κ1) is 26.8. The third-order valence-corrected chi connectivity index (χ3v) is 7.07. The summed E-state index contributed by atoms with van der Waals surface area (Å²) in [6.45, 7) is 7.08. The van der Waals surface area contributed by atoms with Crippen molar-refractivity contribution >= 4 is 17.1 Å². The number of hydrogen-bond acceptors (Lipinski definition) is 8. The lowest BCUT2D eigenvalue weighted by Gasteiger charge is -2.52. The molecule has 8 nitrogen and oxygen atoms in total. The molecule has 2 aliphatic rings. The van der Waals surface area contributed by atoms with Gasteiger partial charge in [0, 0.05) is 36.3 Å². The first-order chi connectivity index (χ1) is 17.6. The third-order valence-electron chi connectivity index (χ3n) is 7.07. The summed E-state index contributed by atoms with van der Waals surface area (Å²) < 4.78 is 20.8. The molecule has 198 valence electrons. The van der Waals surface area contributed by atoms with Crippen LogP contribution in [0, 0.1) is 23.6 Å².